The lowest BCUT2D eigenvalue weighted by Gasteiger charge is -1.99. The summed E-state index contributed by atoms with van der Waals surface area (Å²) in [6.07, 6.45) is 0. The van der Waals surface area contributed by atoms with Gasteiger partial charge in [-0.1, -0.05) is 67.8 Å². The molecule has 0 fully saturated rings. The van der Waals surface area contributed by atoms with Crippen LogP contribution in [-0.4, -0.2) is 5.86 Å². The number of hydrogen-bond acceptors (Lipinski definition) is 0. The smallest absolute Gasteiger partial charge is 0.0743 e. The maximum Gasteiger partial charge on any atom is 0.0743 e. The molecule has 0 spiro atoms. The first-order valence-corrected chi connectivity index (χ1v) is 5.13. The fraction of sp³-hybridized carbons (Fsp3) is 0.667. The van der Waals surface area contributed by atoms with Crippen LogP contribution in [0.1, 0.15) is 0 Å². The molecule has 0 heterocycles. The first kappa shape index (κ1) is 8.19. The minimum Gasteiger partial charge on any atom is -0.0806 e. The average molecular weight is 421 g/mol. The number of hydrogen-bond donors (Lipinski definition) is 0. The molecule has 1 atom stereocenters. The van der Waals surface area contributed by atoms with Crippen molar-refractivity contribution in [1.29, 1.82) is 0 Å². The second-order valence-corrected chi connectivity index (χ2v) is 7.52. The van der Waals surface area contributed by atoms with Gasteiger partial charge in [0.2, 0.25) is 0 Å². The minimum atomic E-state index is 0.545. The van der Waals surface area contributed by atoms with E-state index in [1.807, 2.05) is 0 Å². The summed E-state index contributed by atoms with van der Waals surface area (Å²) in [6.45, 7) is 3.81. The highest BCUT2D eigenvalue weighted by Crippen LogP contribution is 2.19. The van der Waals surface area contributed by atoms with Crippen molar-refractivity contribution in [1.82, 2.24) is 0 Å². The lowest BCUT2D eigenvalue weighted by molar-refractivity contribution is 1.33. The molecule has 0 saturated carbocycles. The fourth-order valence-electron chi connectivity index (χ4n) is 0. The van der Waals surface area contributed by atoms with Gasteiger partial charge in [0, 0.05) is 3.92 Å². The van der Waals surface area contributed by atoms with Crippen LogP contribution in [0.2, 0.25) is 0 Å². The molecule has 0 N–H and O–H groups in total. The molecule has 0 aromatic rings. The third kappa shape index (κ3) is 4.35. The van der Waals surface area contributed by atoms with Crippen LogP contribution in [0.15, 0.2) is 0 Å². The Bertz CT molecular complexity index is 27.0. The first-order valence-electron chi connectivity index (χ1n) is 1.40. The van der Waals surface area contributed by atoms with Gasteiger partial charge >= 0.3 is 0 Å². The summed E-state index contributed by atoms with van der Waals surface area (Å²) in [4.78, 5) is 0. The van der Waals surface area contributed by atoms with Crippen LogP contribution < -0.4 is 0 Å². The van der Waals surface area contributed by atoms with Crippen molar-refractivity contribution in [2.45, 2.75) is 5.86 Å². The van der Waals surface area contributed by atoms with E-state index in [4.69, 9.17) is 0 Å². The highest BCUT2D eigenvalue weighted by Gasteiger charge is 2.02. The van der Waals surface area contributed by atoms with Gasteiger partial charge in [-0.2, -0.15) is 0 Å². The van der Waals surface area contributed by atoms with Gasteiger partial charge in [0.25, 0.3) is 0 Å². The summed E-state index contributed by atoms with van der Waals surface area (Å²) in [6, 6.07) is 0. The molecule has 1 unspecified atom stereocenters. The van der Waals surface area contributed by atoms with Crippen LogP contribution in [0.3, 0.4) is 0 Å². The van der Waals surface area contributed by atoms with Crippen molar-refractivity contribution < 1.29 is 0 Å². The average Bonchev–Trinajstić information content (AvgIpc) is 1.36. The number of halogens is 3. The molecule has 0 bridgehead atoms. The van der Waals surface area contributed by atoms with Gasteiger partial charge < -0.3 is 0 Å². The van der Waals surface area contributed by atoms with Gasteiger partial charge in [-0.15, -0.1) is 0 Å². The summed E-state index contributed by atoms with van der Waals surface area (Å²) in [5, 5.41) is 0. The van der Waals surface area contributed by atoms with E-state index < -0.39 is 0 Å². The quantitative estimate of drug-likeness (QED) is 0.452. The van der Waals surface area contributed by atoms with E-state index in [9.17, 15) is 0 Å². The van der Waals surface area contributed by atoms with E-state index in [1.165, 1.54) is 0 Å². The summed E-state index contributed by atoms with van der Waals surface area (Å²) >= 11 is 7.00. The topological polar surface area (TPSA) is 0 Å². The van der Waals surface area contributed by atoms with Crippen LogP contribution in [0.25, 0.3) is 0 Å². The summed E-state index contributed by atoms with van der Waals surface area (Å²) in [5.74, 6) is 0. The van der Waals surface area contributed by atoms with Crippen molar-refractivity contribution in [2.24, 2.45) is 0 Å². The highest BCUT2D eigenvalue weighted by atomic mass is 127. The second kappa shape index (κ2) is 4.11. The molecular weight excluding hydrogens is 417 g/mol. The zero-order valence-electron chi connectivity index (χ0n) is 3.00. The van der Waals surface area contributed by atoms with Gasteiger partial charge in [-0.25, -0.2) is 0 Å². The highest BCUT2D eigenvalue weighted by molar-refractivity contribution is 14.2. The van der Waals surface area contributed by atoms with Crippen LogP contribution in [0.5, 0.6) is 0 Å². The van der Waals surface area contributed by atoms with E-state index in [-0.39, 0.29) is 0 Å². The van der Waals surface area contributed by atoms with E-state index in [1.54, 1.807) is 0 Å². The number of alkyl halides is 3. The third-order valence-electron chi connectivity index (χ3n) is 0.273. The van der Waals surface area contributed by atoms with Gasteiger partial charge in [0.1, 0.15) is 0 Å². The maximum atomic E-state index is 3.81. The molecule has 0 saturated heterocycles. The van der Waals surface area contributed by atoms with Crippen LogP contribution in [0.4, 0.5) is 0 Å². The minimum absolute atomic E-state index is 0.545. The Morgan fingerprint density at radius 1 is 1.17 bits per heavy atom. The molecule has 0 rings (SSSR count). The van der Waals surface area contributed by atoms with Gasteiger partial charge in [0.15, 0.2) is 0 Å². The Kier molecular flexibility index (Phi) is 5.61. The zero-order chi connectivity index (χ0) is 5.15. The molecule has 0 nitrogen and oxygen atoms in total. The largest absolute Gasteiger partial charge is 0.0806 e. The predicted molar refractivity (Wildman–Crippen MR) is 55.0 cm³/mol. The van der Waals surface area contributed by atoms with E-state index in [0.29, 0.717) is 5.86 Å². The van der Waals surface area contributed by atoms with Crippen LogP contribution >= 0.6 is 67.8 Å². The first-order chi connectivity index (χ1) is 2.64. The Labute approximate surface area is 79.3 Å². The predicted octanol–water partition coefficient (Wildman–Crippen LogP) is 2.82. The van der Waals surface area contributed by atoms with Gasteiger partial charge in [-0.3, -0.25) is 0 Å². The molecule has 1 radical (unpaired) electrons. The maximum absolute atomic E-state index is 3.81. The Morgan fingerprint density at radius 2 is 1.33 bits per heavy atom. The van der Waals surface area contributed by atoms with Crippen molar-refractivity contribution >= 4 is 67.8 Å². The molecule has 0 aliphatic carbocycles. The Morgan fingerprint density at radius 3 is 1.33 bits per heavy atom. The van der Waals surface area contributed by atoms with E-state index >= 15 is 0 Å². The summed E-state index contributed by atoms with van der Waals surface area (Å²) in [7, 11) is 0. The van der Waals surface area contributed by atoms with E-state index in [0.717, 1.165) is 0 Å². The summed E-state index contributed by atoms with van der Waals surface area (Å²) in [5.41, 5.74) is 0. The SMILES string of the molecule is [CH2]C(I)C(I)I. The number of rotatable bonds is 1. The van der Waals surface area contributed by atoms with E-state index in [2.05, 4.69) is 74.7 Å². The van der Waals surface area contributed by atoms with Crippen molar-refractivity contribution in [3.8, 4) is 0 Å². The molecule has 6 heavy (non-hydrogen) atoms. The van der Waals surface area contributed by atoms with Crippen LogP contribution in [-0.2, 0) is 0 Å². The van der Waals surface area contributed by atoms with Gasteiger partial charge in [0.05, 0.1) is 1.93 Å². The Balaban J connectivity index is 2.99. The molecule has 0 aromatic carbocycles. The molecule has 0 aliphatic heterocycles. The normalized spacial score (nSPS) is 15.5. The fourth-order valence-corrected chi connectivity index (χ4v) is 0. The van der Waals surface area contributed by atoms with Crippen LogP contribution in [0, 0.1) is 6.92 Å². The Hall–Kier alpha value is 2.19. The molecule has 0 amide bonds. The van der Waals surface area contributed by atoms with Crippen molar-refractivity contribution in [3.05, 3.63) is 6.92 Å². The second-order valence-electron chi connectivity index (χ2n) is 0.850. The molecule has 0 aromatic heterocycles. The molecule has 3 heteroatoms. The standard InChI is InChI=1S/C3H4I3/c1-2(4)3(5)6/h2-3H,1H2. The molecule has 0 aliphatic rings. The third-order valence-corrected chi connectivity index (χ3v) is 5.48. The monoisotopic (exact) mass is 421 g/mol. The zero-order valence-corrected chi connectivity index (χ0v) is 9.47. The molecule has 37 valence electrons. The lowest BCUT2D eigenvalue weighted by Crippen LogP contribution is -1.97. The molecular formula is C3H4I3. The summed E-state index contributed by atoms with van der Waals surface area (Å²) < 4.78 is 1.21. The van der Waals surface area contributed by atoms with Crippen molar-refractivity contribution in [3.63, 3.8) is 0 Å². The lowest BCUT2D eigenvalue weighted by atomic mass is 10.6. The van der Waals surface area contributed by atoms with Gasteiger partial charge in [-0.05, 0) is 6.92 Å². The van der Waals surface area contributed by atoms with Crippen molar-refractivity contribution in [2.75, 3.05) is 0 Å².